The Kier molecular flexibility index (Phi) is 4.88. The first-order chi connectivity index (χ1) is 10.7. The van der Waals surface area contributed by atoms with Crippen molar-refractivity contribution >= 4 is 23.2 Å². The van der Waals surface area contributed by atoms with Gasteiger partial charge in [0.05, 0.1) is 29.4 Å². The summed E-state index contributed by atoms with van der Waals surface area (Å²) in [4.78, 5) is 28.7. The summed E-state index contributed by atoms with van der Waals surface area (Å²) in [6.07, 6.45) is -1.75. The Balaban J connectivity index is 2.17. The van der Waals surface area contributed by atoms with Crippen LogP contribution in [0.3, 0.4) is 0 Å². The molecule has 0 saturated carbocycles. The molecule has 2 rings (SSSR count). The minimum absolute atomic E-state index is 0.0196. The molecular formula is C14H17F3N4O2. The molecule has 2 atom stereocenters. The number of carbonyl (C=O) groups is 2. The first-order valence-electron chi connectivity index (χ1n) is 6.96. The van der Waals surface area contributed by atoms with Crippen molar-refractivity contribution in [2.24, 2.45) is 11.8 Å². The van der Waals surface area contributed by atoms with Gasteiger partial charge in [0.2, 0.25) is 11.8 Å². The maximum Gasteiger partial charge on any atom is 0.393 e. The Morgan fingerprint density at radius 1 is 1.26 bits per heavy atom. The zero-order valence-electron chi connectivity index (χ0n) is 12.6. The van der Waals surface area contributed by atoms with Crippen LogP contribution < -0.4 is 10.6 Å². The van der Waals surface area contributed by atoms with E-state index in [1.807, 2.05) is 0 Å². The van der Waals surface area contributed by atoms with E-state index >= 15 is 0 Å². The molecule has 0 bridgehead atoms. The maximum absolute atomic E-state index is 13.1. The van der Waals surface area contributed by atoms with Crippen molar-refractivity contribution in [3.8, 4) is 0 Å². The third-order valence-corrected chi connectivity index (χ3v) is 3.65. The van der Waals surface area contributed by atoms with Crippen molar-refractivity contribution < 1.29 is 22.8 Å². The smallest absolute Gasteiger partial charge is 0.324 e. The summed E-state index contributed by atoms with van der Waals surface area (Å²) in [5.74, 6) is -4.02. The Morgan fingerprint density at radius 3 is 2.57 bits per heavy atom. The van der Waals surface area contributed by atoms with Crippen molar-refractivity contribution in [3.63, 3.8) is 0 Å². The summed E-state index contributed by atoms with van der Waals surface area (Å²) in [6, 6.07) is 1.46. The fourth-order valence-electron chi connectivity index (χ4n) is 2.62. The lowest BCUT2D eigenvalue weighted by atomic mass is 9.94. The van der Waals surface area contributed by atoms with Crippen molar-refractivity contribution in [3.05, 3.63) is 18.5 Å². The SMILES string of the molecule is CC(=O)Nc1ccncc1NC(=O)[C@@H]1CN(C)C[C@H]1C(F)(F)F. The molecule has 2 N–H and O–H groups in total. The number of nitrogens with one attached hydrogen (secondary N) is 2. The number of halogens is 3. The minimum atomic E-state index is -4.44. The van der Waals surface area contributed by atoms with Gasteiger partial charge in [-0.05, 0) is 13.1 Å². The zero-order chi connectivity index (χ0) is 17.2. The number of hydrogen-bond donors (Lipinski definition) is 2. The summed E-state index contributed by atoms with van der Waals surface area (Å²) in [7, 11) is 1.54. The molecule has 2 heterocycles. The molecule has 6 nitrogen and oxygen atoms in total. The highest BCUT2D eigenvalue weighted by Crippen LogP contribution is 2.37. The Bertz CT molecular complexity index is 606. The van der Waals surface area contributed by atoms with E-state index in [1.165, 1.54) is 30.3 Å². The quantitative estimate of drug-likeness (QED) is 0.885. The third kappa shape index (κ3) is 4.19. The fourth-order valence-corrected chi connectivity index (χ4v) is 2.62. The number of amides is 2. The molecule has 1 aromatic rings. The predicted octanol–water partition coefficient (Wildman–Crippen LogP) is 1.72. The Labute approximate surface area is 131 Å². The molecule has 9 heteroatoms. The largest absolute Gasteiger partial charge is 0.393 e. The van der Waals surface area contributed by atoms with Crippen LogP contribution in [0.1, 0.15) is 6.92 Å². The Hall–Kier alpha value is -2.16. The van der Waals surface area contributed by atoms with Gasteiger partial charge in [0.1, 0.15) is 0 Å². The van der Waals surface area contributed by atoms with E-state index in [-0.39, 0.29) is 30.4 Å². The molecule has 0 radical (unpaired) electrons. The van der Waals surface area contributed by atoms with Crippen molar-refractivity contribution in [1.29, 1.82) is 0 Å². The average molecular weight is 330 g/mol. The summed E-state index contributed by atoms with van der Waals surface area (Å²) < 4.78 is 39.2. The molecule has 1 aliphatic heterocycles. The lowest BCUT2D eigenvalue weighted by molar-refractivity contribution is -0.182. The fraction of sp³-hybridized carbons (Fsp3) is 0.500. The number of pyridine rings is 1. The van der Waals surface area contributed by atoms with Crippen molar-refractivity contribution in [2.45, 2.75) is 13.1 Å². The van der Waals surface area contributed by atoms with Gasteiger partial charge in [-0.15, -0.1) is 0 Å². The highest BCUT2D eigenvalue weighted by molar-refractivity contribution is 5.99. The number of anilines is 2. The average Bonchev–Trinajstić information content (AvgIpc) is 2.83. The van der Waals surface area contributed by atoms with Crippen LogP contribution in [0.15, 0.2) is 18.5 Å². The molecule has 1 aromatic heterocycles. The van der Waals surface area contributed by atoms with Crippen LogP contribution in [0.2, 0.25) is 0 Å². The van der Waals surface area contributed by atoms with E-state index in [1.54, 1.807) is 7.05 Å². The van der Waals surface area contributed by atoms with Gasteiger partial charge in [-0.2, -0.15) is 13.2 Å². The first-order valence-corrected chi connectivity index (χ1v) is 6.96. The highest BCUT2D eigenvalue weighted by atomic mass is 19.4. The van der Waals surface area contributed by atoms with Crippen molar-refractivity contribution in [2.75, 3.05) is 30.8 Å². The van der Waals surface area contributed by atoms with E-state index in [9.17, 15) is 22.8 Å². The Morgan fingerprint density at radius 2 is 1.96 bits per heavy atom. The second-order valence-corrected chi connectivity index (χ2v) is 5.57. The number of likely N-dealkylation sites (tertiary alicyclic amines) is 1. The molecule has 0 aromatic carbocycles. The van der Waals surface area contributed by atoms with Gasteiger partial charge < -0.3 is 15.5 Å². The van der Waals surface area contributed by atoms with Crippen LogP contribution in [0.5, 0.6) is 0 Å². The van der Waals surface area contributed by atoms with Gasteiger partial charge in [-0.1, -0.05) is 0 Å². The summed E-state index contributed by atoms with van der Waals surface area (Å²) in [5, 5.41) is 4.93. The second-order valence-electron chi connectivity index (χ2n) is 5.57. The predicted molar refractivity (Wildman–Crippen MR) is 77.7 cm³/mol. The molecule has 23 heavy (non-hydrogen) atoms. The molecule has 0 aliphatic carbocycles. The molecule has 0 spiro atoms. The van der Waals surface area contributed by atoms with E-state index in [4.69, 9.17) is 0 Å². The highest BCUT2D eigenvalue weighted by Gasteiger charge is 2.51. The topological polar surface area (TPSA) is 74.3 Å². The molecule has 1 aliphatic rings. The van der Waals surface area contributed by atoms with E-state index in [0.29, 0.717) is 0 Å². The molecule has 0 unspecified atom stereocenters. The molecule has 1 saturated heterocycles. The summed E-state index contributed by atoms with van der Waals surface area (Å²) >= 11 is 0. The van der Waals surface area contributed by atoms with Gasteiger partial charge in [-0.3, -0.25) is 14.6 Å². The van der Waals surface area contributed by atoms with Crippen LogP contribution in [0, 0.1) is 11.8 Å². The van der Waals surface area contributed by atoms with Crippen LogP contribution in [0.4, 0.5) is 24.5 Å². The number of carbonyl (C=O) groups excluding carboxylic acids is 2. The lowest BCUT2D eigenvalue weighted by Gasteiger charge is -2.21. The minimum Gasteiger partial charge on any atom is -0.324 e. The van der Waals surface area contributed by atoms with Crippen LogP contribution in [-0.2, 0) is 9.59 Å². The molecule has 2 amide bonds. The first kappa shape index (κ1) is 17.2. The van der Waals surface area contributed by atoms with Crippen LogP contribution in [-0.4, -0.2) is 48.0 Å². The lowest BCUT2D eigenvalue weighted by Crippen LogP contribution is -2.36. The van der Waals surface area contributed by atoms with Crippen LogP contribution in [0.25, 0.3) is 0 Å². The normalized spacial score (nSPS) is 22.0. The standard InChI is InChI=1S/C14H17F3N4O2/c1-8(22)19-11-3-4-18-5-12(11)20-13(23)9-6-21(2)7-10(9)14(15,16)17/h3-5,9-10H,6-7H2,1-2H3,(H,20,23)(H,18,19,22)/t9-,10-/m1/s1. The van der Waals surface area contributed by atoms with E-state index in [0.717, 1.165) is 0 Å². The van der Waals surface area contributed by atoms with Crippen LogP contribution >= 0.6 is 0 Å². The second kappa shape index (κ2) is 6.53. The monoisotopic (exact) mass is 330 g/mol. The van der Waals surface area contributed by atoms with Gasteiger partial charge in [-0.25, -0.2) is 0 Å². The number of aromatic nitrogens is 1. The summed E-state index contributed by atoms with van der Waals surface area (Å²) in [6.45, 7) is 1.09. The van der Waals surface area contributed by atoms with Crippen molar-refractivity contribution in [1.82, 2.24) is 9.88 Å². The molecule has 126 valence electrons. The number of alkyl halides is 3. The molecular weight excluding hydrogens is 313 g/mol. The number of nitrogens with zero attached hydrogens (tertiary/aromatic N) is 2. The summed E-state index contributed by atoms with van der Waals surface area (Å²) in [5.41, 5.74) is 0.457. The third-order valence-electron chi connectivity index (χ3n) is 3.65. The van der Waals surface area contributed by atoms with E-state index < -0.39 is 23.9 Å². The van der Waals surface area contributed by atoms with Gasteiger partial charge >= 0.3 is 6.18 Å². The maximum atomic E-state index is 13.1. The van der Waals surface area contributed by atoms with Gasteiger partial charge in [0, 0.05) is 26.2 Å². The van der Waals surface area contributed by atoms with E-state index in [2.05, 4.69) is 15.6 Å². The zero-order valence-corrected chi connectivity index (χ0v) is 12.6. The molecule has 1 fully saturated rings. The van der Waals surface area contributed by atoms with Gasteiger partial charge in [0.15, 0.2) is 0 Å². The van der Waals surface area contributed by atoms with Gasteiger partial charge in [0.25, 0.3) is 0 Å². The number of hydrogen-bond acceptors (Lipinski definition) is 4. The number of rotatable bonds is 3.